The summed E-state index contributed by atoms with van der Waals surface area (Å²) in [4.78, 5) is 37.2. The summed E-state index contributed by atoms with van der Waals surface area (Å²) in [5.74, 6) is -0.118. The van der Waals surface area contributed by atoms with Gasteiger partial charge in [-0.3, -0.25) is 14.9 Å². The lowest BCUT2D eigenvalue weighted by atomic mass is 10.0. The molecular weight excluding hydrogens is 513 g/mol. The third kappa shape index (κ3) is 5.93. The van der Waals surface area contributed by atoms with E-state index >= 15 is 0 Å². The monoisotopic (exact) mass is 537 g/mol. The van der Waals surface area contributed by atoms with E-state index in [1.165, 1.54) is 12.1 Å². The number of hydrogen-bond acceptors (Lipinski definition) is 5. The minimum atomic E-state index is -0.575. The maximum Gasteiger partial charge on any atom is 0.407 e. The first kappa shape index (κ1) is 23.0. The largest absolute Gasteiger partial charge is 0.444 e. The predicted molar refractivity (Wildman–Crippen MR) is 125 cm³/mol. The zero-order chi connectivity index (χ0) is 22.8. The van der Waals surface area contributed by atoms with Gasteiger partial charge in [-0.1, -0.05) is 12.1 Å². The summed E-state index contributed by atoms with van der Waals surface area (Å²) in [6.45, 7) is 6.36. The summed E-state index contributed by atoms with van der Waals surface area (Å²) in [5, 5.41) is 13.8. The van der Waals surface area contributed by atoms with Gasteiger partial charge in [-0.15, -0.1) is 0 Å². The molecule has 0 saturated carbocycles. The van der Waals surface area contributed by atoms with E-state index in [2.05, 4.69) is 27.9 Å². The summed E-state index contributed by atoms with van der Waals surface area (Å²) < 4.78 is 6.02. The second kappa shape index (κ2) is 9.21. The number of carbonyl (C=O) groups is 2. The Hall–Kier alpha value is -2.69. The highest BCUT2D eigenvalue weighted by molar-refractivity contribution is 14.1. The average Bonchev–Trinajstić information content (AvgIpc) is 3.14. The van der Waals surface area contributed by atoms with Crippen LogP contribution in [0.2, 0.25) is 0 Å². The molecule has 9 heteroatoms. The minimum Gasteiger partial charge on any atom is -0.444 e. The van der Waals surface area contributed by atoms with Gasteiger partial charge >= 0.3 is 6.09 Å². The van der Waals surface area contributed by atoms with Crippen molar-refractivity contribution in [2.24, 2.45) is 0 Å². The molecule has 0 bridgehead atoms. The predicted octanol–water partition coefficient (Wildman–Crippen LogP) is 4.61. The van der Waals surface area contributed by atoms with Crippen molar-refractivity contribution < 1.29 is 19.2 Å². The number of nitro groups is 1. The van der Waals surface area contributed by atoms with E-state index < -0.39 is 16.6 Å². The van der Waals surface area contributed by atoms with Gasteiger partial charge in [-0.25, -0.2) is 4.79 Å². The number of alkyl carbamates (subject to hydrolysis) is 1. The number of amides is 2. The SMILES string of the molecule is CC(C)(C)OC(=O)NC1CCN(C(=O)c2cccc(-c3ccc([N+](=O)[O-])cc3I)c2)C1. The van der Waals surface area contributed by atoms with Crippen molar-refractivity contribution in [2.45, 2.75) is 38.8 Å². The smallest absolute Gasteiger partial charge is 0.407 e. The summed E-state index contributed by atoms with van der Waals surface area (Å²) in [6.07, 6.45) is 0.173. The lowest BCUT2D eigenvalue weighted by Gasteiger charge is -2.22. The van der Waals surface area contributed by atoms with Crippen LogP contribution in [0.1, 0.15) is 37.6 Å². The Morgan fingerprint density at radius 2 is 1.97 bits per heavy atom. The molecule has 1 atom stereocenters. The fourth-order valence-electron chi connectivity index (χ4n) is 3.39. The standard InChI is InChI=1S/C22H24IN3O5/c1-22(2,3)31-21(28)24-16-9-10-25(13-16)20(27)15-6-4-5-14(11-15)18-8-7-17(26(29)30)12-19(18)23/h4-8,11-12,16H,9-10,13H2,1-3H3,(H,24,28). The molecule has 164 valence electrons. The second-order valence-electron chi connectivity index (χ2n) is 8.39. The molecule has 1 aliphatic heterocycles. The summed E-state index contributed by atoms with van der Waals surface area (Å²) in [6, 6.07) is 11.7. The Kier molecular flexibility index (Phi) is 6.83. The Bertz CT molecular complexity index is 1020. The number of rotatable bonds is 4. The van der Waals surface area contributed by atoms with E-state index in [-0.39, 0.29) is 17.6 Å². The molecule has 2 aromatic rings. The third-order valence-electron chi connectivity index (χ3n) is 4.78. The lowest BCUT2D eigenvalue weighted by molar-refractivity contribution is -0.384. The van der Waals surface area contributed by atoms with Crippen LogP contribution in [0.25, 0.3) is 11.1 Å². The van der Waals surface area contributed by atoms with Crippen molar-refractivity contribution in [3.8, 4) is 11.1 Å². The molecule has 0 aromatic heterocycles. The highest BCUT2D eigenvalue weighted by Gasteiger charge is 2.29. The molecule has 2 aromatic carbocycles. The van der Waals surface area contributed by atoms with Crippen LogP contribution < -0.4 is 5.32 Å². The molecule has 3 rings (SSSR count). The normalized spacial score (nSPS) is 16.1. The molecule has 1 saturated heterocycles. The molecule has 31 heavy (non-hydrogen) atoms. The van der Waals surface area contributed by atoms with Crippen LogP contribution >= 0.6 is 22.6 Å². The van der Waals surface area contributed by atoms with Crippen LogP contribution in [-0.2, 0) is 4.74 Å². The zero-order valence-corrected chi connectivity index (χ0v) is 19.7. The number of carbonyl (C=O) groups excluding carboxylic acids is 2. The third-order valence-corrected chi connectivity index (χ3v) is 5.67. The van der Waals surface area contributed by atoms with Crippen molar-refractivity contribution in [1.29, 1.82) is 0 Å². The quantitative estimate of drug-likeness (QED) is 0.349. The number of benzene rings is 2. The lowest BCUT2D eigenvalue weighted by Crippen LogP contribution is -2.41. The average molecular weight is 537 g/mol. The minimum absolute atomic E-state index is 0.0287. The molecule has 8 nitrogen and oxygen atoms in total. The van der Waals surface area contributed by atoms with Crippen LogP contribution in [0, 0.1) is 13.7 Å². The number of ether oxygens (including phenoxy) is 1. The van der Waals surface area contributed by atoms with Crippen LogP contribution in [0.15, 0.2) is 42.5 Å². The number of hydrogen-bond donors (Lipinski definition) is 1. The van der Waals surface area contributed by atoms with E-state index in [9.17, 15) is 19.7 Å². The number of halogens is 1. The van der Waals surface area contributed by atoms with E-state index in [4.69, 9.17) is 4.74 Å². The van der Waals surface area contributed by atoms with Gasteiger partial charge < -0.3 is 15.0 Å². The summed E-state index contributed by atoms with van der Waals surface area (Å²) >= 11 is 2.06. The topological polar surface area (TPSA) is 102 Å². The first-order chi connectivity index (χ1) is 14.5. The maximum absolute atomic E-state index is 13.0. The fourth-order valence-corrected chi connectivity index (χ4v) is 4.20. The van der Waals surface area contributed by atoms with E-state index in [1.807, 2.05) is 6.07 Å². The van der Waals surface area contributed by atoms with E-state index in [0.717, 1.165) is 14.7 Å². The Balaban J connectivity index is 1.70. The number of nitro benzene ring substituents is 1. The molecule has 1 unspecified atom stereocenters. The van der Waals surface area contributed by atoms with Crippen molar-refractivity contribution in [1.82, 2.24) is 10.2 Å². The number of nitrogens with zero attached hydrogens (tertiary/aromatic N) is 2. The van der Waals surface area contributed by atoms with Crippen molar-refractivity contribution in [3.05, 3.63) is 61.7 Å². The molecule has 0 aliphatic carbocycles. The van der Waals surface area contributed by atoms with Crippen molar-refractivity contribution >= 4 is 40.3 Å². The van der Waals surface area contributed by atoms with Gasteiger partial charge in [-0.05, 0) is 79.1 Å². The van der Waals surface area contributed by atoms with Gasteiger partial charge in [0.2, 0.25) is 0 Å². The molecule has 1 N–H and O–H groups in total. The Labute approximate surface area is 194 Å². The summed E-state index contributed by atoms with van der Waals surface area (Å²) in [5.41, 5.74) is 1.62. The molecule has 0 radical (unpaired) electrons. The molecule has 2 amide bonds. The van der Waals surface area contributed by atoms with E-state index in [1.54, 1.807) is 49.9 Å². The highest BCUT2D eigenvalue weighted by Crippen LogP contribution is 2.29. The summed E-state index contributed by atoms with van der Waals surface area (Å²) in [7, 11) is 0. The molecule has 1 heterocycles. The molecule has 1 aliphatic rings. The molecule has 0 spiro atoms. The van der Waals surface area contributed by atoms with Crippen LogP contribution in [0.5, 0.6) is 0 Å². The first-order valence-corrected chi connectivity index (χ1v) is 10.9. The maximum atomic E-state index is 13.0. The number of likely N-dealkylation sites (tertiary alicyclic amines) is 1. The van der Waals surface area contributed by atoms with Crippen LogP contribution in [-0.4, -0.2) is 46.6 Å². The highest BCUT2D eigenvalue weighted by atomic mass is 127. The van der Waals surface area contributed by atoms with Crippen LogP contribution in [0.3, 0.4) is 0 Å². The number of non-ortho nitro benzene ring substituents is 1. The van der Waals surface area contributed by atoms with Gasteiger partial charge in [0.05, 0.1) is 11.0 Å². The fraction of sp³-hybridized carbons (Fsp3) is 0.364. The van der Waals surface area contributed by atoms with Crippen molar-refractivity contribution in [3.63, 3.8) is 0 Å². The van der Waals surface area contributed by atoms with Gasteiger partial charge in [0.15, 0.2) is 0 Å². The Morgan fingerprint density at radius 3 is 2.61 bits per heavy atom. The van der Waals surface area contributed by atoms with Crippen LogP contribution in [0.4, 0.5) is 10.5 Å². The van der Waals surface area contributed by atoms with Gasteiger partial charge in [0.1, 0.15) is 5.60 Å². The van der Waals surface area contributed by atoms with Gasteiger partial charge in [0.25, 0.3) is 11.6 Å². The van der Waals surface area contributed by atoms with E-state index in [0.29, 0.717) is 25.1 Å². The first-order valence-electron chi connectivity index (χ1n) is 9.86. The van der Waals surface area contributed by atoms with Crippen molar-refractivity contribution in [2.75, 3.05) is 13.1 Å². The van der Waals surface area contributed by atoms with Gasteiger partial charge in [0, 0.05) is 34.4 Å². The van der Waals surface area contributed by atoms with Gasteiger partial charge in [-0.2, -0.15) is 0 Å². The molecular formula is C22H24IN3O5. The Morgan fingerprint density at radius 1 is 1.23 bits per heavy atom. The second-order valence-corrected chi connectivity index (χ2v) is 9.55. The molecule has 1 fully saturated rings. The number of nitrogens with one attached hydrogen (secondary N) is 1. The zero-order valence-electron chi connectivity index (χ0n) is 17.6.